The smallest absolute Gasteiger partial charge is 0.410 e. The number of hydrogen-bond acceptors (Lipinski definition) is 5. The Bertz CT molecular complexity index is 898. The Morgan fingerprint density at radius 3 is 2.31 bits per heavy atom. The zero-order chi connectivity index (χ0) is 21.2. The van der Waals surface area contributed by atoms with Gasteiger partial charge in [-0.3, -0.25) is 4.21 Å². The first-order valence-corrected chi connectivity index (χ1v) is 11.0. The summed E-state index contributed by atoms with van der Waals surface area (Å²) >= 11 is 0. The summed E-state index contributed by atoms with van der Waals surface area (Å²) < 4.78 is 28.6. The molecular weight excluding hydrogens is 390 g/mol. The van der Waals surface area contributed by atoms with Crippen LogP contribution in [0.5, 0.6) is 11.5 Å². The molecule has 1 aliphatic rings. The number of carbonyl (C=O) groups excluding carboxylic acids is 1. The SMILES string of the molecule is COc1ccc(OC2CN(C(=O)OC(C)(C)C)C2)c(-c2ccc(S(C)=O)cc2)c1. The van der Waals surface area contributed by atoms with Gasteiger partial charge in [0.15, 0.2) is 0 Å². The van der Waals surface area contributed by atoms with Crippen molar-refractivity contribution < 1.29 is 23.2 Å². The molecule has 2 aromatic rings. The maximum absolute atomic E-state index is 12.1. The highest BCUT2D eigenvalue weighted by Crippen LogP contribution is 2.35. The van der Waals surface area contributed by atoms with Crippen molar-refractivity contribution in [2.24, 2.45) is 0 Å². The number of carbonyl (C=O) groups is 1. The van der Waals surface area contributed by atoms with Gasteiger partial charge in [0, 0.05) is 27.5 Å². The number of ether oxygens (including phenoxy) is 3. The summed E-state index contributed by atoms with van der Waals surface area (Å²) in [6, 6.07) is 13.2. The van der Waals surface area contributed by atoms with Crippen molar-refractivity contribution in [2.45, 2.75) is 37.4 Å². The first-order valence-electron chi connectivity index (χ1n) is 9.43. The van der Waals surface area contributed by atoms with Gasteiger partial charge in [-0.1, -0.05) is 12.1 Å². The van der Waals surface area contributed by atoms with E-state index in [4.69, 9.17) is 14.2 Å². The van der Waals surface area contributed by atoms with Gasteiger partial charge in [0.05, 0.1) is 20.2 Å². The highest BCUT2D eigenvalue weighted by Gasteiger charge is 2.35. The lowest BCUT2D eigenvalue weighted by Crippen LogP contribution is -2.57. The Kier molecular flexibility index (Phi) is 6.17. The van der Waals surface area contributed by atoms with Crippen LogP contribution in [0.1, 0.15) is 20.8 Å². The van der Waals surface area contributed by atoms with Crippen molar-refractivity contribution in [2.75, 3.05) is 26.5 Å². The lowest BCUT2D eigenvalue weighted by Gasteiger charge is -2.39. The van der Waals surface area contributed by atoms with Gasteiger partial charge >= 0.3 is 6.09 Å². The van der Waals surface area contributed by atoms with Gasteiger partial charge in [-0.25, -0.2) is 4.79 Å². The topological polar surface area (TPSA) is 65.1 Å². The molecule has 2 aromatic carbocycles. The van der Waals surface area contributed by atoms with Crippen LogP contribution in [0.2, 0.25) is 0 Å². The van der Waals surface area contributed by atoms with Gasteiger partial charge in [-0.05, 0) is 56.7 Å². The minimum Gasteiger partial charge on any atom is -0.497 e. The number of amides is 1. The Hall–Kier alpha value is -2.54. The molecule has 156 valence electrons. The molecule has 0 N–H and O–H groups in total. The molecule has 0 bridgehead atoms. The Morgan fingerprint density at radius 1 is 1.10 bits per heavy atom. The highest BCUT2D eigenvalue weighted by molar-refractivity contribution is 7.84. The second-order valence-corrected chi connectivity index (χ2v) is 9.35. The molecule has 6 nitrogen and oxygen atoms in total. The molecule has 29 heavy (non-hydrogen) atoms. The summed E-state index contributed by atoms with van der Waals surface area (Å²) in [6.45, 7) is 6.51. The van der Waals surface area contributed by atoms with Crippen molar-refractivity contribution in [3.05, 3.63) is 42.5 Å². The molecule has 1 atom stereocenters. The van der Waals surface area contributed by atoms with Crippen molar-refractivity contribution in [3.8, 4) is 22.6 Å². The number of hydrogen-bond donors (Lipinski definition) is 0. The van der Waals surface area contributed by atoms with Crippen LogP contribution in [-0.4, -0.2) is 53.4 Å². The second-order valence-electron chi connectivity index (χ2n) is 7.97. The summed E-state index contributed by atoms with van der Waals surface area (Å²) in [6.07, 6.45) is 1.23. The second kappa shape index (κ2) is 8.45. The number of rotatable bonds is 5. The summed E-state index contributed by atoms with van der Waals surface area (Å²) in [5.41, 5.74) is 1.31. The molecule has 1 amide bonds. The van der Waals surface area contributed by atoms with Crippen LogP contribution in [0.15, 0.2) is 47.4 Å². The highest BCUT2D eigenvalue weighted by atomic mass is 32.2. The molecule has 1 saturated heterocycles. The number of nitrogens with zero attached hydrogens (tertiary/aromatic N) is 1. The van der Waals surface area contributed by atoms with Gasteiger partial charge < -0.3 is 19.1 Å². The maximum atomic E-state index is 12.1. The fourth-order valence-electron chi connectivity index (χ4n) is 2.96. The summed E-state index contributed by atoms with van der Waals surface area (Å²) in [5.74, 6) is 1.43. The first-order chi connectivity index (χ1) is 13.7. The molecule has 1 heterocycles. The summed E-state index contributed by atoms with van der Waals surface area (Å²) in [5, 5.41) is 0. The summed E-state index contributed by atoms with van der Waals surface area (Å²) in [4.78, 5) is 14.5. The fraction of sp³-hybridized carbons (Fsp3) is 0.409. The predicted molar refractivity (Wildman–Crippen MR) is 113 cm³/mol. The van der Waals surface area contributed by atoms with E-state index in [1.54, 1.807) is 18.3 Å². The van der Waals surface area contributed by atoms with E-state index in [9.17, 15) is 9.00 Å². The molecule has 3 rings (SSSR count). The zero-order valence-electron chi connectivity index (χ0n) is 17.4. The zero-order valence-corrected chi connectivity index (χ0v) is 18.2. The quantitative estimate of drug-likeness (QED) is 0.733. The Morgan fingerprint density at radius 2 is 1.76 bits per heavy atom. The van der Waals surface area contributed by atoms with Gasteiger partial charge in [0.2, 0.25) is 0 Å². The third-order valence-electron chi connectivity index (χ3n) is 4.48. The largest absolute Gasteiger partial charge is 0.497 e. The van der Waals surface area contributed by atoms with Crippen LogP contribution in [0.3, 0.4) is 0 Å². The minimum atomic E-state index is -1.03. The average molecular weight is 418 g/mol. The van der Waals surface area contributed by atoms with Crippen LogP contribution in [0.4, 0.5) is 4.79 Å². The van der Waals surface area contributed by atoms with Gasteiger partial charge in [-0.2, -0.15) is 0 Å². The van der Waals surface area contributed by atoms with Crippen LogP contribution in [0.25, 0.3) is 11.1 Å². The first kappa shape index (κ1) is 21.2. The van der Waals surface area contributed by atoms with Crippen LogP contribution < -0.4 is 9.47 Å². The van der Waals surface area contributed by atoms with Crippen molar-refractivity contribution in [3.63, 3.8) is 0 Å². The van der Waals surface area contributed by atoms with Crippen LogP contribution >= 0.6 is 0 Å². The Balaban J connectivity index is 1.74. The van der Waals surface area contributed by atoms with E-state index in [2.05, 4.69) is 0 Å². The number of methoxy groups -OCH3 is 1. The monoisotopic (exact) mass is 417 g/mol. The van der Waals surface area contributed by atoms with E-state index in [0.29, 0.717) is 18.8 Å². The van der Waals surface area contributed by atoms with Gasteiger partial charge in [0.25, 0.3) is 0 Å². The number of benzene rings is 2. The number of likely N-dealkylation sites (tertiary alicyclic amines) is 1. The standard InChI is InChI=1S/C22H27NO5S/c1-22(2,3)28-21(24)23-13-17(14-23)27-20-11-8-16(26-4)12-19(20)15-6-9-18(10-7-15)29(5)25/h6-12,17H,13-14H2,1-5H3. The van der Waals surface area contributed by atoms with E-state index in [-0.39, 0.29) is 12.2 Å². The maximum Gasteiger partial charge on any atom is 0.410 e. The van der Waals surface area contributed by atoms with Crippen LogP contribution in [-0.2, 0) is 15.5 Å². The molecule has 1 aliphatic heterocycles. The van der Waals surface area contributed by atoms with E-state index in [0.717, 1.165) is 21.8 Å². The minimum absolute atomic E-state index is 0.0999. The lowest BCUT2D eigenvalue weighted by molar-refractivity contribution is -0.0220. The molecule has 0 aliphatic carbocycles. The lowest BCUT2D eigenvalue weighted by atomic mass is 10.0. The van der Waals surface area contributed by atoms with Gasteiger partial charge in [-0.15, -0.1) is 0 Å². The molecule has 1 unspecified atom stereocenters. The van der Waals surface area contributed by atoms with Crippen LogP contribution in [0, 0.1) is 0 Å². The fourth-order valence-corrected chi connectivity index (χ4v) is 3.48. The predicted octanol–water partition coefficient (Wildman–Crippen LogP) is 4.10. The molecule has 1 fully saturated rings. The normalized spacial score (nSPS) is 15.4. The third-order valence-corrected chi connectivity index (χ3v) is 5.41. The van der Waals surface area contributed by atoms with Gasteiger partial charge in [0.1, 0.15) is 23.2 Å². The molecule has 0 radical (unpaired) electrons. The van der Waals surface area contributed by atoms with E-state index < -0.39 is 16.4 Å². The van der Waals surface area contributed by atoms with E-state index in [1.807, 2.05) is 63.2 Å². The van der Waals surface area contributed by atoms with Crippen molar-refractivity contribution in [1.29, 1.82) is 0 Å². The molecule has 0 saturated carbocycles. The molecule has 7 heteroatoms. The van der Waals surface area contributed by atoms with Crippen molar-refractivity contribution in [1.82, 2.24) is 4.90 Å². The van der Waals surface area contributed by atoms with E-state index in [1.165, 1.54) is 0 Å². The molecule has 0 spiro atoms. The Labute approximate surface area is 174 Å². The van der Waals surface area contributed by atoms with E-state index >= 15 is 0 Å². The summed E-state index contributed by atoms with van der Waals surface area (Å²) in [7, 11) is 0.591. The molecule has 0 aromatic heterocycles. The molecular formula is C22H27NO5S. The third kappa shape index (κ3) is 5.29. The average Bonchev–Trinajstić information content (AvgIpc) is 2.62. The van der Waals surface area contributed by atoms with Crippen molar-refractivity contribution >= 4 is 16.9 Å².